The average Bonchev–Trinajstić information content (AvgIpc) is 2.29. The number of nitrogens with one attached hydrogen (secondary N) is 1. The Balaban J connectivity index is 2.84. The molecule has 3 N–H and O–H groups in total. The van der Waals surface area contributed by atoms with Crippen LogP contribution >= 0.6 is 24.0 Å². The summed E-state index contributed by atoms with van der Waals surface area (Å²) in [7, 11) is 0. The van der Waals surface area contributed by atoms with E-state index in [1.165, 1.54) is 0 Å². The molecule has 0 atom stereocenters. The van der Waals surface area contributed by atoms with E-state index in [4.69, 9.17) is 18.0 Å². The van der Waals surface area contributed by atoms with E-state index in [1.807, 2.05) is 30.5 Å². The first kappa shape index (κ1) is 14.0. The minimum Gasteiger partial charge on any atom is -0.392 e. The van der Waals surface area contributed by atoms with Crippen molar-refractivity contribution in [2.24, 2.45) is 11.1 Å². The third-order valence-corrected chi connectivity index (χ3v) is 3.75. The minimum absolute atomic E-state index is 0.191. The largest absolute Gasteiger partial charge is 0.392 e. The first-order chi connectivity index (χ1) is 7.87. The Kier molecular flexibility index (Phi) is 4.54. The Bertz CT molecular complexity index is 444. The molecule has 0 aliphatic rings. The van der Waals surface area contributed by atoms with Crippen LogP contribution in [0.4, 0.5) is 5.69 Å². The first-order valence-electron chi connectivity index (χ1n) is 5.13. The minimum atomic E-state index is -0.843. The SMILES string of the molecule is CSc1cccc(NC(=O)C(C)(C)C(N)=S)c1. The van der Waals surface area contributed by atoms with Crippen LogP contribution < -0.4 is 11.1 Å². The van der Waals surface area contributed by atoms with Crippen LogP contribution in [0.5, 0.6) is 0 Å². The van der Waals surface area contributed by atoms with E-state index in [9.17, 15) is 4.79 Å². The molecule has 0 aliphatic heterocycles. The Hall–Kier alpha value is -1.07. The Morgan fingerprint density at radius 1 is 1.47 bits per heavy atom. The van der Waals surface area contributed by atoms with Crippen LogP contribution in [0.25, 0.3) is 0 Å². The van der Waals surface area contributed by atoms with Gasteiger partial charge in [-0.3, -0.25) is 4.79 Å². The van der Waals surface area contributed by atoms with Gasteiger partial charge < -0.3 is 11.1 Å². The number of thioether (sulfide) groups is 1. The van der Waals surface area contributed by atoms with Crippen molar-refractivity contribution < 1.29 is 4.79 Å². The summed E-state index contributed by atoms with van der Waals surface area (Å²) < 4.78 is 0. The van der Waals surface area contributed by atoms with Crippen molar-refractivity contribution in [1.29, 1.82) is 0 Å². The second kappa shape index (κ2) is 5.51. The van der Waals surface area contributed by atoms with Gasteiger partial charge in [-0.05, 0) is 38.3 Å². The molecule has 0 spiro atoms. The average molecular weight is 268 g/mol. The molecule has 0 fully saturated rings. The fraction of sp³-hybridized carbons (Fsp3) is 0.333. The van der Waals surface area contributed by atoms with E-state index >= 15 is 0 Å². The molecule has 92 valence electrons. The van der Waals surface area contributed by atoms with Gasteiger partial charge in [0.2, 0.25) is 5.91 Å². The van der Waals surface area contributed by atoms with Crippen molar-refractivity contribution in [3.05, 3.63) is 24.3 Å². The van der Waals surface area contributed by atoms with Crippen LogP contribution in [-0.4, -0.2) is 17.2 Å². The number of rotatable bonds is 4. The molecular weight excluding hydrogens is 252 g/mol. The van der Waals surface area contributed by atoms with Crippen molar-refractivity contribution >= 4 is 40.6 Å². The maximum atomic E-state index is 12.0. The van der Waals surface area contributed by atoms with Gasteiger partial charge >= 0.3 is 0 Å². The van der Waals surface area contributed by atoms with Gasteiger partial charge in [-0.2, -0.15) is 0 Å². The normalized spacial score (nSPS) is 11.0. The van der Waals surface area contributed by atoms with E-state index in [2.05, 4.69) is 5.32 Å². The van der Waals surface area contributed by atoms with Crippen molar-refractivity contribution in [1.82, 2.24) is 0 Å². The molecule has 1 aromatic carbocycles. The molecule has 0 saturated heterocycles. The summed E-state index contributed by atoms with van der Waals surface area (Å²) >= 11 is 6.51. The van der Waals surface area contributed by atoms with E-state index < -0.39 is 5.41 Å². The van der Waals surface area contributed by atoms with Crippen molar-refractivity contribution in [2.45, 2.75) is 18.7 Å². The van der Waals surface area contributed by atoms with Crippen LogP contribution in [-0.2, 0) is 4.79 Å². The lowest BCUT2D eigenvalue weighted by molar-refractivity contribution is -0.121. The lowest BCUT2D eigenvalue weighted by Gasteiger charge is -2.22. The zero-order valence-electron chi connectivity index (χ0n) is 10.1. The zero-order chi connectivity index (χ0) is 13.1. The van der Waals surface area contributed by atoms with Gasteiger partial charge in [-0.25, -0.2) is 0 Å². The van der Waals surface area contributed by atoms with Gasteiger partial charge in [0.1, 0.15) is 0 Å². The fourth-order valence-electron chi connectivity index (χ4n) is 1.10. The number of carbonyl (C=O) groups is 1. The van der Waals surface area contributed by atoms with Crippen LogP contribution in [0.3, 0.4) is 0 Å². The van der Waals surface area contributed by atoms with E-state index in [0.29, 0.717) is 0 Å². The van der Waals surface area contributed by atoms with E-state index in [-0.39, 0.29) is 10.9 Å². The monoisotopic (exact) mass is 268 g/mol. The van der Waals surface area contributed by atoms with Crippen LogP contribution in [0.1, 0.15) is 13.8 Å². The van der Waals surface area contributed by atoms with Crippen LogP contribution in [0.2, 0.25) is 0 Å². The maximum Gasteiger partial charge on any atom is 0.236 e. The molecular formula is C12H16N2OS2. The molecule has 3 nitrogen and oxygen atoms in total. The first-order valence-corrected chi connectivity index (χ1v) is 6.76. The lowest BCUT2D eigenvalue weighted by atomic mass is 9.92. The molecule has 0 aromatic heterocycles. The number of amides is 1. The van der Waals surface area contributed by atoms with Gasteiger partial charge in [-0.1, -0.05) is 18.3 Å². The number of thiocarbonyl (C=S) groups is 1. The summed E-state index contributed by atoms with van der Waals surface area (Å²) in [6.45, 7) is 3.42. The van der Waals surface area contributed by atoms with Gasteiger partial charge in [0.25, 0.3) is 0 Å². The molecule has 5 heteroatoms. The highest BCUT2D eigenvalue weighted by Gasteiger charge is 2.30. The van der Waals surface area contributed by atoms with Crippen molar-refractivity contribution in [3.63, 3.8) is 0 Å². The smallest absolute Gasteiger partial charge is 0.236 e. The summed E-state index contributed by atoms with van der Waals surface area (Å²) in [4.78, 5) is 13.3. The zero-order valence-corrected chi connectivity index (χ0v) is 11.7. The number of benzene rings is 1. The lowest BCUT2D eigenvalue weighted by Crippen LogP contribution is -2.41. The molecule has 0 heterocycles. The van der Waals surface area contributed by atoms with Gasteiger partial charge in [-0.15, -0.1) is 11.8 Å². The number of hydrogen-bond donors (Lipinski definition) is 2. The summed E-state index contributed by atoms with van der Waals surface area (Å²) in [6.07, 6.45) is 1.99. The fourth-order valence-corrected chi connectivity index (χ4v) is 1.65. The highest BCUT2D eigenvalue weighted by atomic mass is 32.2. The van der Waals surface area contributed by atoms with Crippen LogP contribution in [0, 0.1) is 5.41 Å². The highest BCUT2D eigenvalue weighted by Crippen LogP contribution is 2.22. The summed E-state index contributed by atoms with van der Waals surface area (Å²) in [5, 5.41) is 2.82. The standard InChI is InChI=1S/C12H16N2OS2/c1-12(2,10(13)16)11(15)14-8-5-4-6-9(7-8)17-3/h4-7H,1-3H3,(H2,13,16)(H,14,15). The topological polar surface area (TPSA) is 55.1 Å². The second-order valence-corrected chi connectivity index (χ2v) is 5.49. The molecule has 1 aromatic rings. The van der Waals surface area contributed by atoms with Gasteiger partial charge in [0, 0.05) is 10.6 Å². The molecule has 1 rings (SSSR count). The van der Waals surface area contributed by atoms with Gasteiger partial charge in [0.05, 0.1) is 10.4 Å². The molecule has 0 aliphatic carbocycles. The third-order valence-electron chi connectivity index (χ3n) is 2.51. The molecule has 0 unspecified atom stereocenters. The number of hydrogen-bond acceptors (Lipinski definition) is 3. The molecule has 1 amide bonds. The summed E-state index contributed by atoms with van der Waals surface area (Å²) in [5.41, 5.74) is 5.46. The molecule has 17 heavy (non-hydrogen) atoms. The predicted molar refractivity (Wildman–Crippen MR) is 77.4 cm³/mol. The predicted octanol–water partition coefficient (Wildman–Crippen LogP) is 2.66. The van der Waals surface area contributed by atoms with E-state index in [0.717, 1.165) is 10.6 Å². The number of anilines is 1. The van der Waals surface area contributed by atoms with Crippen LogP contribution in [0.15, 0.2) is 29.2 Å². The van der Waals surface area contributed by atoms with E-state index in [1.54, 1.807) is 25.6 Å². The Morgan fingerprint density at radius 3 is 2.65 bits per heavy atom. The highest BCUT2D eigenvalue weighted by molar-refractivity contribution is 7.98. The molecule has 0 radical (unpaired) electrons. The quantitative estimate of drug-likeness (QED) is 0.651. The summed E-state index contributed by atoms with van der Waals surface area (Å²) in [6, 6.07) is 7.64. The number of nitrogens with two attached hydrogens (primary N) is 1. The summed E-state index contributed by atoms with van der Waals surface area (Å²) in [5.74, 6) is -0.191. The molecule has 0 saturated carbocycles. The van der Waals surface area contributed by atoms with Crippen molar-refractivity contribution in [3.8, 4) is 0 Å². The van der Waals surface area contributed by atoms with Crippen molar-refractivity contribution in [2.75, 3.05) is 11.6 Å². The Morgan fingerprint density at radius 2 is 2.12 bits per heavy atom. The Labute approximate surface area is 111 Å². The maximum absolute atomic E-state index is 12.0. The van der Waals surface area contributed by atoms with Gasteiger partial charge in [0.15, 0.2) is 0 Å². The second-order valence-electron chi connectivity index (χ2n) is 4.18. The molecule has 0 bridgehead atoms. The number of carbonyl (C=O) groups excluding carboxylic acids is 1. The third kappa shape index (κ3) is 3.44.